The standard InChI is InChI=1S/C30H51N3O4/c1-9-12-14-15-21-33(28(35)25(23(5)11-3)32-29(36)37-30(6,7)8)26(27(34)31-20-13-10-2)24-18-16-22(4)17-19-24/h16-19,23,25-26H,9-15,20-21H2,1-8H3,(H,31,34)(H,32,36). The van der Waals surface area contributed by atoms with E-state index < -0.39 is 23.8 Å². The van der Waals surface area contributed by atoms with Gasteiger partial charge in [-0.2, -0.15) is 0 Å². The Kier molecular flexibility index (Phi) is 14.3. The van der Waals surface area contributed by atoms with Crippen LogP contribution in [0.15, 0.2) is 24.3 Å². The number of nitrogens with one attached hydrogen (secondary N) is 2. The smallest absolute Gasteiger partial charge is 0.408 e. The number of rotatable bonds is 15. The number of unbranched alkanes of at least 4 members (excludes halogenated alkanes) is 4. The van der Waals surface area contributed by atoms with Crippen molar-refractivity contribution in [3.05, 3.63) is 35.4 Å². The van der Waals surface area contributed by atoms with Crippen LogP contribution in [0.25, 0.3) is 0 Å². The van der Waals surface area contributed by atoms with E-state index in [1.165, 1.54) is 0 Å². The van der Waals surface area contributed by atoms with Crippen LogP contribution in [0.1, 0.15) is 111 Å². The van der Waals surface area contributed by atoms with Gasteiger partial charge in [-0.15, -0.1) is 0 Å². The molecule has 0 bridgehead atoms. The molecule has 0 heterocycles. The molecule has 0 fully saturated rings. The number of aryl methyl sites for hydroxylation is 1. The highest BCUT2D eigenvalue weighted by atomic mass is 16.6. The Morgan fingerprint density at radius 3 is 2.11 bits per heavy atom. The topological polar surface area (TPSA) is 87.7 Å². The molecule has 1 aromatic carbocycles. The van der Waals surface area contributed by atoms with Gasteiger partial charge in [-0.3, -0.25) is 9.59 Å². The highest BCUT2D eigenvalue weighted by molar-refractivity contribution is 5.92. The van der Waals surface area contributed by atoms with Crippen molar-refractivity contribution in [1.29, 1.82) is 0 Å². The number of carbonyl (C=O) groups is 3. The van der Waals surface area contributed by atoms with Gasteiger partial charge in [0, 0.05) is 13.1 Å². The molecule has 1 aromatic rings. The van der Waals surface area contributed by atoms with Crippen LogP contribution in [0.4, 0.5) is 4.79 Å². The third-order valence-corrected chi connectivity index (χ3v) is 6.47. The zero-order valence-electron chi connectivity index (χ0n) is 24.5. The van der Waals surface area contributed by atoms with E-state index in [1.54, 1.807) is 25.7 Å². The molecule has 0 saturated heterocycles. The van der Waals surface area contributed by atoms with Crippen LogP contribution in [-0.2, 0) is 14.3 Å². The number of alkyl carbamates (subject to hydrolysis) is 1. The molecule has 7 heteroatoms. The van der Waals surface area contributed by atoms with E-state index in [-0.39, 0.29) is 17.7 Å². The lowest BCUT2D eigenvalue weighted by Crippen LogP contribution is -2.55. The Bertz CT molecular complexity index is 832. The molecular formula is C30H51N3O4. The van der Waals surface area contributed by atoms with Gasteiger partial charge in [0.15, 0.2) is 0 Å². The fourth-order valence-electron chi connectivity index (χ4n) is 4.08. The molecule has 0 aliphatic carbocycles. The van der Waals surface area contributed by atoms with Crippen LogP contribution in [0.5, 0.6) is 0 Å². The number of hydrogen-bond acceptors (Lipinski definition) is 4. The summed E-state index contributed by atoms with van der Waals surface area (Å²) in [5.41, 5.74) is 1.17. The van der Waals surface area contributed by atoms with E-state index in [9.17, 15) is 14.4 Å². The zero-order chi connectivity index (χ0) is 28.0. The second-order valence-electron chi connectivity index (χ2n) is 11.1. The predicted octanol–water partition coefficient (Wildman–Crippen LogP) is 6.30. The maximum Gasteiger partial charge on any atom is 0.408 e. The normalized spacial score (nSPS) is 13.8. The summed E-state index contributed by atoms with van der Waals surface area (Å²) in [7, 11) is 0. The summed E-state index contributed by atoms with van der Waals surface area (Å²) in [5, 5.41) is 5.87. The molecule has 0 aromatic heterocycles. The van der Waals surface area contributed by atoms with Crippen molar-refractivity contribution in [2.45, 2.75) is 118 Å². The number of hydrogen-bond donors (Lipinski definition) is 2. The van der Waals surface area contributed by atoms with Gasteiger partial charge in [0.05, 0.1) is 0 Å². The summed E-state index contributed by atoms with van der Waals surface area (Å²) >= 11 is 0. The third kappa shape index (κ3) is 11.6. The number of amides is 3. The first kappa shape index (κ1) is 32.5. The minimum atomic E-state index is -0.803. The Labute approximate surface area is 225 Å². The Morgan fingerprint density at radius 2 is 1.57 bits per heavy atom. The molecule has 3 amide bonds. The summed E-state index contributed by atoms with van der Waals surface area (Å²) in [5.74, 6) is -0.589. The first-order valence-corrected chi connectivity index (χ1v) is 14.1. The highest BCUT2D eigenvalue weighted by Gasteiger charge is 2.37. The van der Waals surface area contributed by atoms with Crippen molar-refractivity contribution < 1.29 is 19.1 Å². The molecule has 1 rings (SSSR count). The van der Waals surface area contributed by atoms with E-state index in [4.69, 9.17) is 4.74 Å². The lowest BCUT2D eigenvalue weighted by atomic mass is 9.95. The van der Waals surface area contributed by atoms with Crippen molar-refractivity contribution in [3.63, 3.8) is 0 Å². The fraction of sp³-hybridized carbons (Fsp3) is 0.700. The fourth-order valence-corrected chi connectivity index (χ4v) is 4.08. The largest absolute Gasteiger partial charge is 0.444 e. The molecule has 37 heavy (non-hydrogen) atoms. The first-order valence-electron chi connectivity index (χ1n) is 14.1. The molecule has 0 aliphatic rings. The van der Waals surface area contributed by atoms with E-state index >= 15 is 0 Å². The number of benzene rings is 1. The Balaban J connectivity index is 3.45. The average molecular weight is 518 g/mol. The number of carbonyl (C=O) groups excluding carboxylic acids is 3. The predicted molar refractivity (Wildman–Crippen MR) is 150 cm³/mol. The van der Waals surface area contributed by atoms with Crippen molar-refractivity contribution in [2.24, 2.45) is 5.92 Å². The van der Waals surface area contributed by atoms with Crippen LogP contribution in [0, 0.1) is 12.8 Å². The van der Waals surface area contributed by atoms with Gasteiger partial charge in [0.1, 0.15) is 17.7 Å². The van der Waals surface area contributed by atoms with Crippen molar-refractivity contribution in [1.82, 2.24) is 15.5 Å². The van der Waals surface area contributed by atoms with E-state index in [2.05, 4.69) is 24.5 Å². The molecule has 0 spiro atoms. The molecule has 3 atom stereocenters. The molecule has 3 unspecified atom stereocenters. The third-order valence-electron chi connectivity index (χ3n) is 6.47. The molecule has 0 aliphatic heterocycles. The van der Waals surface area contributed by atoms with Crippen molar-refractivity contribution in [3.8, 4) is 0 Å². The van der Waals surface area contributed by atoms with Gasteiger partial charge in [0.25, 0.3) is 0 Å². The summed E-state index contributed by atoms with van der Waals surface area (Å²) in [6.45, 7) is 16.5. The minimum Gasteiger partial charge on any atom is -0.444 e. The summed E-state index contributed by atoms with van der Waals surface area (Å²) < 4.78 is 5.48. The monoisotopic (exact) mass is 517 g/mol. The van der Waals surface area contributed by atoms with E-state index in [0.29, 0.717) is 19.5 Å². The SMILES string of the molecule is CCCCCCN(C(=O)C(NC(=O)OC(C)(C)C)C(C)CC)C(C(=O)NCCCC)c1ccc(C)cc1. The lowest BCUT2D eigenvalue weighted by Gasteiger charge is -2.36. The van der Waals surface area contributed by atoms with Crippen LogP contribution in [-0.4, -0.2) is 47.5 Å². The average Bonchev–Trinajstić information content (AvgIpc) is 2.83. The van der Waals surface area contributed by atoms with Gasteiger partial charge in [0.2, 0.25) is 11.8 Å². The maximum atomic E-state index is 14.2. The molecule has 0 saturated carbocycles. The lowest BCUT2D eigenvalue weighted by molar-refractivity contribution is -0.143. The van der Waals surface area contributed by atoms with Crippen LogP contribution in [0.2, 0.25) is 0 Å². The molecule has 2 N–H and O–H groups in total. The quantitative estimate of drug-likeness (QED) is 0.267. The van der Waals surface area contributed by atoms with Gasteiger partial charge >= 0.3 is 6.09 Å². The van der Waals surface area contributed by atoms with Crippen molar-refractivity contribution >= 4 is 17.9 Å². The second kappa shape index (κ2) is 16.3. The Morgan fingerprint density at radius 1 is 0.946 bits per heavy atom. The van der Waals surface area contributed by atoms with Gasteiger partial charge in [-0.25, -0.2) is 4.79 Å². The number of nitrogens with zero attached hydrogens (tertiary/aromatic N) is 1. The zero-order valence-corrected chi connectivity index (χ0v) is 24.5. The number of ether oxygens (including phenoxy) is 1. The summed E-state index contributed by atoms with van der Waals surface area (Å²) in [6, 6.07) is 6.19. The molecule has 0 radical (unpaired) electrons. The molecule has 7 nitrogen and oxygen atoms in total. The van der Waals surface area contributed by atoms with Crippen LogP contribution < -0.4 is 10.6 Å². The summed E-state index contributed by atoms with van der Waals surface area (Å²) in [4.78, 5) is 42.2. The molecular weight excluding hydrogens is 466 g/mol. The first-order chi connectivity index (χ1) is 17.4. The molecule has 210 valence electrons. The van der Waals surface area contributed by atoms with Crippen LogP contribution >= 0.6 is 0 Å². The van der Waals surface area contributed by atoms with E-state index in [0.717, 1.165) is 49.7 Å². The van der Waals surface area contributed by atoms with Gasteiger partial charge in [-0.1, -0.05) is 89.6 Å². The van der Waals surface area contributed by atoms with Gasteiger partial charge in [-0.05, 0) is 52.0 Å². The maximum absolute atomic E-state index is 14.2. The second-order valence-corrected chi connectivity index (χ2v) is 11.1. The minimum absolute atomic E-state index is 0.139. The van der Waals surface area contributed by atoms with Gasteiger partial charge < -0.3 is 20.3 Å². The highest BCUT2D eigenvalue weighted by Crippen LogP contribution is 2.26. The van der Waals surface area contributed by atoms with Crippen molar-refractivity contribution in [2.75, 3.05) is 13.1 Å². The van der Waals surface area contributed by atoms with E-state index in [1.807, 2.05) is 45.0 Å². The van der Waals surface area contributed by atoms with Crippen LogP contribution in [0.3, 0.4) is 0 Å². The Hall–Kier alpha value is -2.57. The summed E-state index contributed by atoms with van der Waals surface area (Å²) in [6.07, 6.45) is 5.77.